The molecule has 0 fully saturated rings. The van der Waals surface area contributed by atoms with Crippen molar-refractivity contribution in [2.45, 2.75) is 33.0 Å². The number of hydrogen-bond acceptors (Lipinski definition) is 3. The SMILES string of the molecule is COC(C(O)c1ccn(C)n1)C(C)(C)C. The van der Waals surface area contributed by atoms with E-state index >= 15 is 0 Å². The van der Waals surface area contributed by atoms with Gasteiger partial charge in [0.15, 0.2) is 0 Å². The van der Waals surface area contributed by atoms with Gasteiger partial charge in [-0.3, -0.25) is 4.68 Å². The van der Waals surface area contributed by atoms with Gasteiger partial charge in [0.1, 0.15) is 6.10 Å². The largest absolute Gasteiger partial charge is 0.384 e. The second-order valence-electron chi connectivity index (χ2n) is 4.88. The Balaban J connectivity index is 2.87. The number of aryl methyl sites for hydroxylation is 1. The first-order valence-electron chi connectivity index (χ1n) is 5.06. The fourth-order valence-corrected chi connectivity index (χ4v) is 1.70. The highest BCUT2D eigenvalue weighted by atomic mass is 16.5. The van der Waals surface area contributed by atoms with E-state index in [0.29, 0.717) is 5.69 Å². The molecule has 1 aromatic rings. The Bertz CT molecular complexity index is 315. The van der Waals surface area contributed by atoms with E-state index < -0.39 is 6.10 Å². The highest BCUT2D eigenvalue weighted by molar-refractivity contribution is 5.06. The summed E-state index contributed by atoms with van der Waals surface area (Å²) < 4.78 is 7.02. The fourth-order valence-electron chi connectivity index (χ4n) is 1.70. The van der Waals surface area contributed by atoms with Crippen LogP contribution in [0.1, 0.15) is 32.6 Å². The molecule has 1 rings (SSSR count). The molecule has 4 heteroatoms. The molecule has 0 saturated carbocycles. The zero-order valence-electron chi connectivity index (χ0n) is 10.1. The standard InChI is InChI=1S/C11H20N2O2/c1-11(2,3)10(15-5)9(14)8-6-7-13(4)12-8/h6-7,9-10,14H,1-5H3. The maximum Gasteiger partial charge on any atom is 0.124 e. The van der Waals surface area contributed by atoms with Gasteiger partial charge in [0.25, 0.3) is 0 Å². The summed E-state index contributed by atoms with van der Waals surface area (Å²) in [6.45, 7) is 6.11. The lowest BCUT2D eigenvalue weighted by Gasteiger charge is -2.32. The number of nitrogens with zero attached hydrogens (tertiary/aromatic N) is 2. The zero-order chi connectivity index (χ0) is 11.6. The molecule has 1 heterocycles. The van der Waals surface area contributed by atoms with Crippen molar-refractivity contribution in [3.05, 3.63) is 18.0 Å². The quantitative estimate of drug-likeness (QED) is 0.826. The van der Waals surface area contributed by atoms with Crippen molar-refractivity contribution >= 4 is 0 Å². The Kier molecular flexibility index (Phi) is 3.52. The van der Waals surface area contributed by atoms with Crippen LogP contribution in [0.2, 0.25) is 0 Å². The Morgan fingerprint density at radius 1 is 1.47 bits per heavy atom. The van der Waals surface area contributed by atoms with E-state index in [1.807, 2.05) is 40.1 Å². The van der Waals surface area contributed by atoms with E-state index in [9.17, 15) is 5.11 Å². The molecule has 2 atom stereocenters. The average molecular weight is 212 g/mol. The molecular weight excluding hydrogens is 192 g/mol. The molecule has 0 radical (unpaired) electrons. The van der Waals surface area contributed by atoms with Gasteiger partial charge in [-0.05, 0) is 11.5 Å². The second-order valence-corrected chi connectivity index (χ2v) is 4.88. The third-order valence-electron chi connectivity index (χ3n) is 2.43. The summed E-state index contributed by atoms with van der Waals surface area (Å²) in [5, 5.41) is 14.3. The van der Waals surface area contributed by atoms with Crippen LogP contribution < -0.4 is 0 Å². The number of aromatic nitrogens is 2. The number of rotatable bonds is 3. The van der Waals surface area contributed by atoms with E-state index in [0.717, 1.165) is 0 Å². The van der Waals surface area contributed by atoms with Gasteiger partial charge >= 0.3 is 0 Å². The molecule has 0 spiro atoms. The molecule has 0 saturated heterocycles. The van der Waals surface area contributed by atoms with E-state index in [2.05, 4.69) is 5.10 Å². The van der Waals surface area contributed by atoms with Gasteiger partial charge in [-0.2, -0.15) is 5.10 Å². The van der Waals surface area contributed by atoms with Gasteiger partial charge in [-0.1, -0.05) is 20.8 Å². The van der Waals surface area contributed by atoms with Crippen molar-refractivity contribution in [1.29, 1.82) is 0 Å². The lowest BCUT2D eigenvalue weighted by Crippen LogP contribution is -2.34. The molecule has 4 nitrogen and oxygen atoms in total. The first-order chi connectivity index (χ1) is 6.86. The number of hydrogen-bond donors (Lipinski definition) is 1. The first kappa shape index (κ1) is 12.2. The predicted octanol–water partition coefficient (Wildman–Crippen LogP) is 1.51. The molecule has 2 unspecified atom stereocenters. The van der Waals surface area contributed by atoms with Gasteiger partial charge in [-0.15, -0.1) is 0 Å². The maximum absolute atomic E-state index is 10.1. The van der Waals surface area contributed by atoms with Gasteiger partial charge in [-0.25, -0.2) is 0 Å². The summed E-state index contributed by atoms with van der Waals surface area (Å²) >= 11 is 0. The van der Waals surface area contributed by atoms with Gasteiger partial charge in [0, 0.05) is 20.4 Å². The third-order valence-corrected chi connectivity index (χ3v) is 2.43. The van der Waals surface area contributed by atoms with Crippen LogP contribution in [0.15, 0.2) is 12.3 Å². The minimum Gasteiger partial charge on any atom is -0.384 e. The van der Waals surface area contributed by atoms with E-state index in [-0.39, 0.29) is 11.5 Å². The summed E-state index contributed by atoms with van der Waals surface area (Å²) in [7, 11) is 3.44. The molecule has 0 aromatic carbocycles. The van der Waals surface area contributed by atoms with Crippen molar-refractivity contribution in [1.82, 2.24) is 9.78 Å². The Labute approximate surface area is 90.9 Å². The maximum atomic E-state index is 10.1. The number of ether oxygens (including phenoxy) is 1. The number of aliphatic hydroxyl groups is 1. The third kappa shape index (κ3) is 2.79. The van der Waals surface area contributed by atoms with Crippen LogP contribution in [0, 0.1) is 5.41 Å². The van der Waals surface area contributed by atoms with Crippen LogP contribution in [0.3, 0.4) is 0 Å². The lowest BCUT2D eigenvalue weighted by molar-refractivity contribution is -0.0741. The van der Waals surface area contributed by atoms with Crippen molar-refractivity contribution < 1.29 is 9.84 Å². The van der Waals surface area contributed by atoms with Crippen molar-refractivity contribution in [2.75, 3.05) is 7.11 Å². The van der Waals surface area contributed by atoms with Crippen molar-refractivity contribution in [3.8, 4) is 0 Å². The minimum atomic E-state index is -0.684. The van der Waals surface area contributed by atoms with Gasteiger partial charge in [0.2, 0.25) is 0 Å². The van der Waals surface area contributed by atoms with Crippen LogP contribution in [0.5, 0.6) is 0 Å². The topological polar surface area (TPSA) is 47.3 Å². The van der Waals surface area contributed by atoms with E-state index in [1.165, 1.54) is 0 Å². The Hall–Kier alpha value is -0.870. The van der Waals surface area contributed by atoms with Gasteiger partial charge < -0.3 is 9.84 Å². The molecule has 1 N–H and O–H groups in total. The second kappa shape index (κ2) is 4.33. The van der Waals surface area contributed by atoms with Crippen LogP contribution >= 0.6 is 0 Å². The molecule has 15 heavy (non-hydrogen) atoms. The lowest BCUT2D eigenvalue weighted by atomic mass is 9.85. The molecule has 0 amide bonds. The molecule has 0 aliphatic carbocycles. The molecule has 1 aromatic heterocycles. The average Bonchev–Trinajstić information content (AvgIpc) is 2.50. The minimum absolute atomic E-state index is 0.119. The fraction of sp³-hybridized carbons (Fsp3) is 0.727. The van der Waals surface area contributed by atoms with Crippen LogP contribution in [-0.2, 0) is 11.8 Å². The van der Waals surface area contributed by atoms with Crippen molar-refractivity contribution in [3.63, 3.8) is 0 Å². The molecule has 0 bridgehead atoms. The smallest absolute Gasteiger partial charge is 0.124 e. The predicted molar refractivity (Wildman–Crippen MR) is 58.4 cm³/mol. The van der Waals surface area contributed by atoms with Crippen LogP contribution in [0.25, 0.3) is 0 Å². The van der Waals surface area contributed by atoms with Crippen LogP contribution in [0.4, 0.5) is 0 Å². The summed E-state index contributed by atoms with van der Waals surface area (Å²) in [5.41, 5.74) is 0.533. The highest BCUT2D eigenvalue weighted by Crippen LogP contribution is 2.31. The molecule has 86 valence electrons. The normalized spacial score (nSPS) is 16.4. The van der Waals surface area contributed by atoms with Gasteiger partial charge in [0.05, 0.1) is 11.8 Å². The van der Waals surface area contributed by atoms with E-state index in [1.54, 1.807) is 11.8 Å². The summed E-state index contributed by atoms with van der Waals surface area (Å²) in [4.78, 5) is 0. The summed E-state index contributed by atoms with van der Waals surface area (Å²) in [5.74, 6) is 0. The monoisotopic (exact) mass is 212 g/mol. The summed E-state index contributed by atoms with van der Waals surface area (Å²) in [6, 6.07) is 1.81. The molecule has 0 aliphatic rings. The summed E-state index contributed by atoms with van der Waals surface area (Å²) in [6.07, 6.45) is 0.872. The Morgan fingerprint density at radius 3 is 2.40 bits per heavy atom. The zero-order valence-corrected chi connectivity index (χ0v) is 10.1. The highest BCUT2D eigenvalue weighted by Gasteiger charge is 2.33. The van der Waals surface area contributed by atoms with Crippen molar-refractivity contribution in [2.24, 2.45) is 12.5 Å². The molecule has 0 aliphatic heterocycles. The number of methoxy groups -OCH3 is 1. The Morgan fingerprint density at radius 2 is 2.07 bits per heavy atom. The first-order valence-corrected chi connectivity index (χ1v) is 5.06. The van der Waals surface area contributed by atoms with Crippen LogP contribution in [-0.4, -0.2) is 28.1 Å². The van der Waals surface area contributed by atoms with E-state index in [4.69, 9.17) is 4.74 Å². The molecular formula is C11H20N2O2. The number of aliphatic hydroxyl groups excluding tert-OH is 1.